The third-order valence-corrected chi connectivity index (χ3v) is 22.2. The van der Waals surface area contributed by atoms with E-state index in [1.165, 1.54) is 194 Å². The number of aromatic nitrogens is 5. The van der Waals surface area contributed by atoms with Gasteiger partial charge in [-0.2, -0.15) is 22.8 Å². The fraction of sp³-hybridized carbons (Fsp3) is 0.272. The molecular weight excluding hydrogens is 1310 g/mol. The van der Waals surface area contributed by atoms with Crippen LogP contribution in [-0.4, -0.2) is 0 Å². The molecule has 15 aromatic rings. The Balaban J connectivity index is 0.000000135. The molecule has 5 aromatic heterocycles. The Morgan fingerprint density at radius 2 is 0.593 bits per heavy atom. The summed E-state index contributed by atoms with van der Waals surface area (Å²) in [7, 11) is 10.8. The zero-order chi connectivity index (χ0) is 77.7. The number of aryl methyl sites for hydroxylation is 16. The molecule has 0 aliphatic carbocycles. The van der Waals surface area contributed by atoms with Gasteiger partial charge in [0.1, 0.15) is 35.2 Å². The van der Waals surface area contributed by atoms with Gasteiger partial charge in [-0.05, 0) is 240 Å². The van der Waals surface area contributed by atoms with Crippen molar-refractivity contribution >= 4 is 54.5 Å². The van der Waals surface area contributed by atoms with Gasteiger partial charge in [0.05, 0.1) is 0 Å². The molecule has 108 heavy (non-hydrogen) atoms. The Kier molecular flexibility index (Phi) is 24.4. The molecule has 0 amide bonds. The standard InChI is InChI=1S/2C23H28N.3C19H20N/c1-15(2)18-9-11-22-20(13-18)10-12-23(24(22)6)21-14-19(16(3)4)8-7-17(21)5;1-15(2)18-11-10-17(5)21(14-18)23-13-12-20-19(16(3)4)8-7-9-22(20)24(23)6;1-13-5-7-15(3)17(11-13)18-10-9-16-8-6-14(2)12-19(16)20(18)4;1-13-9-10-14(2)17(11-13)19-12-15(3)16-7-5-6-8-18(16)20(19)4;1-13-9-10-14(2)17(11-13)19-15(3)12-16-7-5-6-8-18(16)20(19)4/h2*7-16H,1-6H3;3*5-12H,1-4H3/q5*+1. The average Bonchev–Trinajstić information content (AvgIpc) is 0.799. The van der Waals surface area contributed by atoms with Crippen molar-refractivity contribution in [2.75, 3.05) is 0 Å². The lowest BCUT2D eigenvalue weighted by Crippen LogP contribution is -2.33. The number of nitrogens with zero attached hydrogens (tertiary/aromatic N) is 5. The van der Waals surface area contributed by atoms with Crippen molar-refractivity contribution in [3.05, 3.63) is 326 Å². The summed E-state index contributed by atoms with van der Waals surface area (Å²) in [6, 6.07) is 89.0. The second kappa shape index (κ2) is 33.6. The molecule has 0 saturated heterocycles. The van der Waals surface area contributed by atoms with E-state index >= 15 is 0 Å². The van der Waals surface area contributed by atoms with E-state index in [0.29, 0.717) is 23.7 Å². The van der Waals surface area contributed by atoms with Crippen LogP contribution in [0.15, 0.2) is 243 Å². The summed E-state index contributed by atoms with van der Waals surface area (Å²) in [6.07, 6.45) is 0. The summed E-state index contributed by atoms with van der Waals surface area (Å²) >= 11 is 0. The van der Waals surface area contributed by atoms with Crippen molar-refractivity contribution in [1.82, 2.24) is 0 Å². The van der Waals surface area contributed by atoms with Crippen LogP contribution in [0.5, 0.6) is 0 Å². The summed E-state index contributed by atoms with van der Waals surface area (Å²) < 4.78 is 11.6. The predicted octanol–water partition coefficient (Wildman–Crippen LogP) is 24.5. The largest absolute Gasteiger partial charge is 0.215 e. The number of pyridine rings is 5. The highest BCUT2D eigenvalue weighted by Crippen LogP contribution is 2.34. The van der Waals surface area contributed by atoms with Gasteiger partial charge in [0.25, 0.3) is 0 Å². The monoisotopic (exact) mass is 1420 g/mol. The van der Waals surface area contributed by atoms with Crippen LogP contribution in [0.2, 0.25) is 0 Å². The number of para-hydroxylation sites is 2. The summed E-state index contributed by atoms with van der Waals surface area (Å²) in [6.45, 7) is 42.0. The van der Waals surface area contributed by atoms with Crippen molar-refractivity contribution in [3.8, 4) is 56.3 Å². The minimum Gasteiger partial charge on any atom is -0.194 e. The number of hydrogen-bond donors (Lipinski definition) is 0. The van der Waals surface area contributed by atoms with Crippen LogP contribution in [0, 0.1) is 76.2 Å². The van der Waals surface area contributed by atoms with Crippen LogP contribution in [0.4, 0.5) is 0 Å². The molecule has 0 aliphatic rings. The SMILES string of the molecule is Cc1ccc(C(C)C)cc1-c1ccc2c(C(C)C)cccc2[n+]1C.Cc1ccc(C(C)C)cc1-c1ccc2cc(C(C)C)ccc2[n+]1C.Cc1ccc(C)c(-c2c(C)cc3ccccc3[n+]2C)c1.Cc1ccc(C)c(-c2cc(C)c3ccccc3[n+]2C)c1.Cc1ccc(C)c(-c2ccc3ccc(C)cc3[n+]2C)c1. The Morgan fingerprint density at radius 3 is 1.16 bits per heavy atom. The van der Waals surface area contributed by atoms with Crippen molar-refractivity contribution in [3.63, 3.8) is 0 Å². The molecular formula is C103H116N5+5. The summed E-state index contributed by atoms with van der Waals surface area (Å²) in [5, 5.41) is 6.57. The minimum absolute atomic E-state index is 0.533. The molecule has 5 heteroatoms. The zero-order valence-corrected chi connectivity index (χ0v) is 69.1. The first-order valence-electron chi connectivity index (χ1n) is 38.9. The van der Waals surface area contributed by atoms with E-state index < -0.39 is 0 Å². The molecule has 0 aliphatic heterocycles. The Bertz CT molecular complexity index is 5840. The molecule has 0 atom stereocenters. The lowest BCUT2D eigenvalue weighted by atomic mass is 9.94. The first-order valence-corrected chi connectivity index (χ1v) is 38.9. The van der Waals surface area contributed by atoms with E-state index in [0.717, 1.165) is 0 Å². The number of rotatable bonds is 9. The van der Waals surface area contributed by atoms with E-state index in [2.05, 4.69) is 432 Å². The van der Waals surface area contributed by atoms with Crippen LogP contribution < -0.4 is 22.8 Å². The highest BCUT2D eigenvalue weighted by molar-refractivity contribution is 5.85. The van der Waals surface area contributed by atoms with Crippen molar-refractivity contribution in [2.24, 2.45) is 35.2 Å². The molecule has 15 rings (SSSR count). The lowest BCUT2D eigenvalue weighted by molar-refractivity contribution is -0.634. The number of hydrogen-bond acceptors (Lipinski definition) is 0. The van der Waals surface area contributed by atoms with E-state index in [1.807, 2.05) is 0 Å². The first-order chi connectivity index (χ1) is 51.5. The summed E-state index contributed by atoms with van der Waals surface area (Å²) in [5.41, 5.74) is 39.5. The molecule has 5 nitrogen and oxygen atoms in total. The van der Waals surface area contributed by atoms with Crippen LogP contribution in [0.1, 0.15) is 163 Å². The van der Waals surface area contributed by atoms with Gasteiger partial charge in [-0.3, -0.25) is 0 Å². The van der Waals surface area contributed by atoms with Crippen molar-refractivity contribution in [1.29, 1.82) is 0 Å². The van der Waals surface area contributed by atoms with E-state index in [1.54, 1.807) is 0 Å². The Hall–Kier alpha value is -10.8. The van der Waals surface area contributed by atoms with Crippen molar-refractivity contribution < 1.29 is 22.8 Å². The van der Waals surface area contributed by atoms with Crippen LogP contribution >= 0.6 is 0 Å². The van der Waals surface area contributed by atoms with Gasteiger partial charge < -0.3 is 0 Å². The second-order valence-corrected chi connectivity index (χ2v) is 31.8. The second-order valence-electron chi connectivity index (χ2n) is 31.8. The molecule has 0 bridgehead atoms. The maximum atomic E-state index is 2.35. The quantitative estimate of drug-likeness (QED) is 0.128. The Labute approximate surface area is 646 Å². The third kappa shape index (κ3) is 17.0. The fourth-order valence-electron chi connectivity index (χ4n) is 15.5. The van der Waals surface area contributed by atoms with Gasteiger partial charge in [-0.15, -0.1) is 0 Å². The van der Waals surface area contributed by atoms with Gasteiger partial charge in [-0.1, -0.05) is 181 Å². The number of benzene rings is 10. The molecule has 0 saturated carbocycles. The van der Waals surface area contributed by atoms with E-state index in [4.69, 9.17) is 0 Å². The average molecular weight is 1420 g/mol. The van der Waals surface area contributed by atoms with E-state index in [-0.39, 0.29) is 0 Å². The Morgan fingerprint density at radius 1 is 0.213 bits per heavy atom. The maximum absolute atomic E-state index is 2.35. The predicted molar refractivity (Wildman–Crippen MR) is 461 cm³/mol. The molecule has 0 N–H and O–H groups in total. The van der Waals surface area contributed by atoms with Gasteiger partial charge in [0.2, 0.25) is 56.1 Å². The lowest BCUT2D eigenvalue weighted by Gasteiger charge is -2.13. The van der Waals surface area contributed by atoms with Crippen LogP contribution in [0.3, 0.4) is 0 Å². The third-order valence-electron chi connectivity index (χ3n) is 22.2. The molecule has 0 fully saturated rings. The molecule has 0 radical (unpaired) electrons. The van der Waals surface area contributed by atoms with E-state index in [9.17, 15) is 0 Å². The van der Waals surface area contributed by atoms with Crippen LogP contribution in [0.25, 0.3) is 111 Å². The molecule has 0 unspecified atom stereocenters. The molecule has 5 heterocycles. The molecule has 548 valence electrons. The fourth-order valence-corrected chi connectivity index (χ4v) is 15.5. The number of fused-ring (bicyclic) bond motifs is 5. The zero-order valence-electron chi connectivity index (χ0n) is 69.1. The highest BCUT2D eigenvalue weighted by Gasteiger charge is 2.24. The maximum Gasteiger partial charge on any atom is 0.215 e. The smallest absolute Gasteiger partial charge is 0.194 e. The topological polar surface area (TPSA) is 19.4 Å². The molecule has 0 spiro atoms. The van der Waals surface area contributed by atoms with Crippen LogP contribution in [-0.2, 0) is 35.2 Å². The normalized spacial score (nSPS) is 11.3. The van der Waals surface area contributed by atoms with Gasteiger partial charge in [0.15, 0.2) is 0 Å². The van der Waals surface area contributed by atoms with Crippen molar-refractivity contribution in [2.45, 2.75) is 155 Å². The van der Waals surface area contributed by atoms with Gasteiger partial charge >= 0.3 is 0 Å². The highest BCUT2D eigenvalue weighted by atomic mass is 15.0. The minimum atomic E-state index is 0.533. The summed E-state index contributed by atoms with van der Waals surface area (Å²) in [4.78, 5) is 0. The summed E-state index contributed by atoms with van der Waals surface area (Å²) in [5.74, 6) is 2.18. The van der Waals surface area contributed by atoms with Gasteiger partial charge in [0, 0.05) is 115 Å². The first kappa shape index (κ1) is 78.3. The van der Waals surface area contributed by atoms with Gasteiger partial charge in [-0.25, -0.2) is 0 Å². The molecule has 10 aromatic carbocycles.